The van der Waals surface area contributed by atoms with Crippen LogP contribution in [-0.4, -0.2) is 59.1 Å². The number of hydrogen-bond donors (Lipinski definition) is 4. The molecule has 33 heavy (non-hydrogen) atoms. The van der Waals surface area contributed by atoms with Crippen molar-refractivity contribution < 1.29 is 19.8 Å². The van der Waals surface area contributed by atoms with Crippen molar-refractivity contribution in [3.8, 4) is 0 Å². The predicted octanol–water partition coefficient (Wildman–Crippen LogP) is 2.07. The van der Waals surface area contributed by atoms with Crippen LogP contribution in [0.15, 0.2) is 24.3 Å². The van der Waals surface area contributed by atoms with Crippen LogP contribution >= 0.6 is 0 Å². The Bertz CT molecular complexity index is 845. The molecule has 1 saturated heterocycles. The van der Waals surface area contributed by atoms with Gasteiger partial charge in [0.1, 0.15) is 12.1 Å². The number of rotatable bonds is 8. The van der Waals surface area contributed by atoms with Crippen molar-refractivity contribution >= 4 is 5.91 Å². The minimum absolute atomic E-state index is 0.112. The number of hydroxylamine groups is 2. The van der Waals surface area contributed by atoms with Gasteiger partial charge in [-0.25, -0.2) is 0 Å². The Morgan fingerprint density at radius 3 is 2.64 bits per heavy atom. The van der Waals surface area contributed by atoms with E-state index in [0.717, 1.165) is 24.1 Å². The molecule has 8 atom stereocenters. The average molecular weight is 460 g/mol. The summed E-state index contributed by atoms with van der Waals surface area (Å²) in [6, 6.07) is 7.64. The lowest BCUT2D eigenvalue weighted by Crippen LogP contribution is -2.62. The van der Waals surface area contributed by atoms with Gasteiger partial charge in [0, 0.05) is 18.5 Å². The van der Waals surface area contributed by atoms with Gasteiger partial charge in [0.05, 0.1) is 19.3 Å². The molecule has 1 unspecified atom stereocenters. The standard InChI is InChI=1S/C26H41N3O4/c1-15-20-10-19(26(20,3)4)11-21(15)28-25(32)24-23(16(2)31)22(14-30)33-29(24)13-18-8-6-7-17(9-18)12-27-5/h6-9,15-16,19-24,27,30-31H,10-14H2,1-5H3,(H,28,32)/t15-,16-,19+,20?,21-,22-,23+,24-/m0/s1. The summed E-state index contributed by atoms with van der Waals surface area (Å²) in [6.45, 7) is 9.56. The van der Waals surface area contributed by atoms with Crippen LogP contribution in [0.3, 0.4) is 0 Å². The van der Waals surface area contributed by atoms with Crippen LogP contribution < -0.4 is 10.6 Å². The van der Waals surface area contributed by atoms with E-state index in [-0.39, 0.29) is 18.6 Å². The smallest absolute Gasteiger partial charge is 0.240 e. The minimum atomic E-state index is -0.783. The number of carbonyl (C=O) groups is 1. The van der Waals surface area contributed by atoms with Crippen LogP contribution in [0.1, 0.15) is 51.7 Å². The molecule has 184 valence electrons. The fourth-order valence-electron chi connectivity index (χ4n) is 6.71. The third-order valence-electron chi connectivity index (χ3n) is 8.77. The molecule has 2 bridgehead atoms. The Balaban J connectivity index is 1.52. The fourth-order valence-corrected chi connectivity index (χ4v) is 6.71. The van der Waals surface area contributed by atoms with Crippen LogP contribution in [0, 0.1) is 29.1 Å². The second-order valence-electron chi connectivity index (χ2n) is 11.1. The zero-order valence-electron chi connectivity index (χ0n) is 20.6. The van der Waals surface area contributed by atoms with Crippen molar-refractivity contribution in [3.63, 3.8) is 0 Å². The van der Waals surface area contributed by atoms with E-state index in [1.165, 1.54) is 6.42 Å². The van der Waals surface area contributed by atoms with Gasteiger partial charge in [-0.15, -0.1) is 0 Å². The molecule has 1 heterocycles. The summed E-state index contributed by atoms with van der Waals surface area (Å²) in [5, 5.41) is 28.6. The number of carbonyl (C=O) groups excluding carboxylic acids is 1. The summed E-state index contributed by atoms with van der Waals surface area (Å²) in [6.07, 6.45) is 0.858. The highest BCUT2D eigenvalue weighted by Crippen LogP contribution is 2.61. The van der Waals surface area contributed by atoms with Gasteiger partial charge in [-0.2, -0.15) is 5.06 Å². The molecule has 1 aliphatic heterocycles. The molecule has 7 nitrogen and oxygen atoms in total. The van der Waals surface area contributed by atoms with Gasteiger partial charge in [-0.05, 0) is 61.1 Å². The highest BCUT2D eigenvalue weighted by Gasteiger charge is 2.57. The molecule has 3 aliphatic carbocycles. The van der Waals surface area contributed by atoms with Crippen LogP contribution in [0.4, 0.5) is 0 Å². The van der Waals surface area contributed by atoms with Crippen LogP contribution in [-0.2, 0) is 22.7 Å². The molecule has 7 heteroatoms. The van der Waals surface area contributed by atoms with E-state index < -0.39 is 24.2 Å². The summed E-state index contributed by atoms with van der Waals surface area (Å²) in [7, 11) is 1.91. The lowest BCUT2D eigenvalue weighted by atomic mass is 9.45. The van der Waals surface area contributed by atoms with Crippen molar-refractivity contribution in [1.82, 2.24) is 15.7 Å². The third-order valence-corrected chi connectivity index (χ3v) is 8.77. The molecule has 4 aliphatic rings. The first-order valence-electron chi connectivity index (χ1n) is 12.4. The van der Waals surface area contributed by atoms with Gasteiger partial charge in [0.25, 0.3) is 0 Å². The summed E-state index contributed by atoms with van der Waals surface area (Å²) in [5.74, 6) is 1.08. The number of hydrogen-bond acceptors (Lipinski definition) is 6. The van der Waals surface area contributed by atoms with E-state index in [0.29, 0.717) is 29.7 Å². The number of aliphatic hydroxyl groups is 2. The first-order valence-corrected chi connectivity index (χ1v) is 12.4. The maximum atomic E-state index is 13.7. The zero-order chi connectivity index (χ0) is 23.9. The van der Waals surface area contributed by atoms with E-state index in [4.69, 9.17) is 4.84 Å². The minimum Gasteiger partial charge on any atom is -0.394 e. The molecule has 4 fully saturated rings. The monoisotopic (exact) mass is 459 g/mol. The summed E-state index contributed by atoms with van der Waals surface area (Å²) in [4.78, 5) is 19.7. The average Bonchev–Trinajstić information content (AvgIpc) is 3.13. The Morgan fingerprint density at radius 1 is 1.30 bits per heavy atom. The lowest BCUT2D eigenvalue weighted by Gasteiger charge is -2.62. The number of nitrogens with one attached hydrogen (secondary N) is 2. The summed E-state index contributed by atoms with van der Waals surface area (Å²) < 4.78 is 0. The van der Waals surface area contributed by atoms with E-state index in [1.54, 1.807) is 12.0 Å². The van der Waals surface area contributed by atoms with Crippen LogP contribution in [0.2, 0.25) is 0 Å². The molecule has 5 rings (SSSR count). The third kappa shape index (κ3) is 4.58. The number of benzene rings is 1. The maximum absolute atomic E-state index is 13.7. The number of fused-ring (bicyclic) bond motifs is 2. The molecule has 0 spiro atoms. The van der Waals surface area contributed by atoms with Gasteiger partial charge >= 0.3 is 0 Å². The summed E-state index contributed by atoms with van der Waals surface area (Å²) in [5.41, 5.74) is 2.53. The maximum Gasteiger partial charge on any atom is 0.240 e. The van der Waals surface area contributed by atoms with E-state index in [1.807, 2.05) is 19.2 Å². The second-order valence-corrected chi connectivity index (χ2v) is 11.1. The van der Waals surface area contributed by atoms with Crippen LogP contribution in [0.25, 0.3) is 0 Å². The SMILES string of the molecule is CNCc1cccc(CN2O[C@@H](CO)[C@@H]([C@H](C)O)[C@H]2C(=O)N[C@H]2C[C@H]3CC([C@@H]2C)C3(C)C)c1. The van der Waals surface area contributed by atoms with Crippen molar-refractivity contribution in [3.05, 3.63) is 35.4 Å². The van der Waals surface area contributed by atoms with Gasteiger partial charge in [-0.1, -0.05) is 45.0 Å². The van der Waals surface area contributed by atoms with Gasteiger partial charge in [0.2, 0.25) is 5.91 Å². The number of nitrogens with zero attached hydrogens (tertiary/aromatic N) is 1. The first-order chi connectivity index (χ1) is 15.7. The topological polar surface area (TPSA) is 94.1 Å². The summed E-state index contributed by atoms with van der Waals surface area (Å²) >= 11 is 0. The van der Waals surface area contributed by atoms with Crippen molar-refractivity contribution in [1.29, 1.82) is 0 Å². The van der Waals surface area contributed by atoms with E-state index >= 15 is 0 Å². The molecular weight excluding hydrogens is 418 g/mol. The molecular formula is C26H41N3O4. The molecule has 1 aromatic rings. The Labute approximate surface area is 197 Å². The van der Waals surface area contributed by atoms with Gasteiger partial charge < -0.3 is 20.8 Å². The number of aliphatic hydroxyl groups excluding tert-OH is 2. The first kappa shape index (κ1) is 24.6. The van der Waals surface area contributed by atoms with Crippen molar-refractivity contribution in [2.45, 2.75) is 77.9 Å². The predicted molar refractivity (Wildman–Crippen MR) is 127 cm³/mol. The van der Waals surface area contributed by atoms with E-state index in [9.17, 15) is 15.0 Å². The fraction of sp³-hybridized carbons (Fsp3) is 0.731. The normalized spacial score (nSPS) is 36.3. The quantitative estimate of drug-likeness (QED) is 0.476. The molecule has 3 saturated carbocycles. The van der Waals surface area contributed by atoms with Crippen molar-refractivity contribution in [2.75, 3.05) is 13.7 Å². The van der Waals surface area contributed by atoms with Gasteiger partial charge in [0.15, 0.2) is 0 Å². The molecule has 1 amide bonds. The highest BCUT2D eigenvalue weighted by atomic mass is 16.7. The number of amides is 1. The Kier molecular flexibility index (Phi) is 7.18. The molecule has 4 N–H and O–H groups in total. The molecule has 0 radical (unpaired) electrons. The Morgan fingerprint density at radius 2 is 2.03 bits per heavy atom. The lowest BCUT2D eigenvalue weighted by molar-refractivity contribution is -0.183. The van der Waals surface area contributed by atoms with Crippen molar-refractivity contribution in [2.24, 2.45) is 29.1 Å². The largest absolute Gasteiger partial charge is 0.394 e. The van der Waals surface area contributed by atoms with Crippen LogP contribution in [0.5, 0.6) is 0 Å². The Hall–Kier alpha value is -1.51. The highest BCUT2D eigenvalue weighted by molar-refractivity contribution is 5.82. The zero-order valence-corrected chi connectivity index (χ0v) is 20.6. The van der Waals surface area contributed by atoms with Gasteiger partial charge in [-0.3, -0.25) is 9.63 Å². The molecule has 1 aromatic carbocycles. The molecule has 0 aromatic heterocycles. The van der Waals surface area contributed by atoms with E-state index in [2.05, 4.69) is 43.5 Å². The second kappa shape index (κ2) is 9.62.